The molecule has 1 amide bonds. The van der Waals surface area contributed by atoms with Crippen LogP contribution in [-0.4, -0.2) is 83.0 Å². The third kappa shape index (κ3) is 4.91. The first-order chi connectivity index (χ1) is 14.5. The summed E-state index contributed by atoms with van der Waals surface area (Å²) in [6.45, 7) is 2.07. The number of amides is 1. The van der Waals surface area contributed by atoms with E-state index >= 15 is 0 Å². The molecule has 1 saturated heterocycles. The molecular formula is C18H21N7O3S2. The van der Waals surface area contributed by atoms with E-state index in [1.807, 2.05) is 17.0 Å². The average Bonchev–Trinajstić information content (AvgIpc) is 3.23. The molecule has 2 aromatic rings. The summed E-state index contributed by atoms with van der Waals surface area (Å²) >= 11 is 0.977. The van der Waals surface area contributed by atoms with E-state index in [0.717, 1.165) is 11.7 Å². The molecule has 2 heterocycles. The largest absolute Gasteiger partial charge is 0.340 e. The second-order valence-electron chi connectivity index (χ2n) is 6.77. The Morgan fingerprint density at radius 3 is 2.40 bits per heavy atom. The van der Waals surface area contributed by atoms with E-state index in [9.17, 15) is 13.2 Å². The highest BCUT2D eigenvalue weighted by atomic mass is 32.2. The second kappa shape index (κ2) is 9.91. The Morgan fingerprint density at radius 2 is 1.77 bits per heavy atom. The molecule has 0 N–H and O–H groups in total. The lowest BCUT2D eigenvalue weighted by molar-refractivity contribution is -0.132. The first kappa shape index (κ1) is 22.1. The molecule has 30 heavy (non-hydrogen) atoms. The van der Waals surface area contributed by atoms with Crippen molar-refractivity contribution in [3.8, 4) is 12.1 Å². The smallest absolute Gasteiger partial charge is 0.245 e. The fourth-order valence-electron chi connectivity index (χ4n) is 3.28. The predicted octanol–water partition coefficient (Wildman–Crippen LogP) is 0.654. The number of sulfonamides is 1. The maximum atomic E-state index is 13.1. The Balaban J connectivity index is 1.61. The predicted molar refractivity (Wildman–Crippen MR) is 110 cm³/mol. The van der Waals surface area contributed by atoms with E-state index in [1.165, 1.54) is 15.3 Å². The van der Waals surface area contributed by atoms with Crippen molar-refractivity contribution in [1.82, 2.24) is 22.9 Å². The second-order valence-corrected chi connectivity index (χ2v) is 9.20. The topological polar surface area (TPSA) is 134 Å². The van der Waals surface area contributed by atoms with Gasteiger partial charge < -0.3 is 4.90 Å². The summed E-state index contributed by atoms with van der Waals surface area (Å²) in [4.78, 5) is 16.1. The fourth-order valence-corrected chi connectivity index (χ4v) is 5.45. The highest BCUT2D eigenvalue weighted by Crippen LogP contribution is 2.25. The zero-order valence-electron chi connectivity index (χ0n) is 16.3. The monoisotopic (exact) mass is 447 g/mol. The summed E-state index contributed by atoms with van der Waals surface area (Å²) in [7, 11) is -3.71. The van der Waals surface area contributed by atoms with Gasteiger partial charge in [0.15, 0.2) is 0 Å². The standard InChI is InChI=1S/C18H21N7O3S2/c19-6-2-8-24(9-3-7-20)17(26)14-23-10-12-25(13-11-23)30(27,28)16-5-1-4-15-18(16)22-29-21-15/h1,4-5H,2-3,8-14H2. The van der Waals surface area contributed by atoms with Crippen molar-refractivity contribution in [3.05, 3.63) is 18.2 Å². The van der Waals surface area contributed by atoms with Crippen LogP contribution < -0.4 is 0 Å². The molecule has 0 saturated carbocycles. The highest BCUT2D eigenvalue weighted by Gasteiger charge is 2.31. The Morgan fingerprint density at radius 1 is 1.10 bits per heavy atom. The Bertz CT molecular complexity index is 1060. The molecule has 0 unspecified atom stereocenters. The minimum Gasteiger partial charge on any atom is -0.340 e. The Labute approximate surface area is 179 Å². The summed E-state index contributed by atoms with van der Waals surface area (Å²) in [5.74, 6) is -0.157. The number of carbonyl (C=O) groups excluding carboxylic acids is 1. The molecule has 3 rings (SSSR count). The van der Waals surface area contributed by atoms with Gasteiger partial charge in [0, 0.05) is 39.3 Å². The third-order valence-corrected chi connectivity index (χ3v) is 7.37. The molecule has 1 aliphatic rings. The van der Waals surface area contributed by atoms with Crippen LogP contribution in [0, 0.1) is 22.7 Å². The number of hydrogen-bond acceptors (Lipinski definition) is 9. The van der Waals surface area contributed by atoms with Crippen LogP contribution in [0.15, 0.2) is 23.1 Å². The molecule has 1 fully saturated rings. The summed E-state index contributed by atoms with van der Waals surface area (Å²) in [6.07, 6.45) is 0.417. The maximum absolute atomic E-state index is 13.1. The third-order valence-electron chi connectivity index (χ3n) is 4.90. The normalized spacial score (nSPS) is 15.5. The van der Waals surface area contributed by atoms with Gasteiger partial charge in [-0.25, -0.2) is 8.42 Å². The molecular weight excluding hydrogens is 426 g/mol. The van der Waals surface area contributed by atoms with Crippen LogP contribution in [0.2, 0.25) is 0 Å². The summed E-state index contributed by atoms with van der Waals surface area (Å²) in [5, 5.41) is 17.5. The van der Waals surface area contributed by atoms with Gasteiger partial charge in [0.1, 0.15) is 15.9 Å². The van der Waals surface area contributed by atoms with Crippen LogP contribution >= 0.6 is 11.7 Å². The van der Waals surface area contributed by atoms with Gasteiger partial charge in [0.05, 0.1) is 43.3 Å². The van der Waals surface area contributed by atoms with Crippen LogP contribution in [0.1, 0.15) is 12.8 Å². The summed E-state index contributed by atoms with van der Waals surface area (Å²) in [6, 6.07) is 8.94. The number of benzene rings is 1. The van der Waals surface area contributed by atoms with Crippen LogP contribution in [0.5, 0.6) is 0 Å². The lowest BCUT2D eigenvalue weighted by Crippen LogP contribution is -2.51. The van der Waals surface area contributed by atoms with Crippen molar-refractivity contribution in [3.63, 3.8) is 0 Å². The van der Waals surface area contributed by atoms with Gasteiger partial charge in [0.25, 0.3) is 0 Å². The summed E-state index contributed by atoms with van der Waals surface area (Å²) in [5.41, 5.74) is 0.936. The molecule has 0 atom stereocenters. The van der Waals surface area contributed by atoms with E-state index in [0.29, 0.717) is 24.1 Å². The number of rotatable bonds is 8. The van der Waals surface area contributed by atoms with Gasteiger partial charge in [-0.2, -0.15) is 23.6 Å². The number of carbonyl (C=O) groups is 1. The SMILES string of the molecule is N#CCCN(CCC#N)C(=O)CN1CCN(S(=O)(=O)c2cccc3nsnc23)CC1. The molecule has 158 valence electrons. The number of nitrogens with zero attached hydrogens (tertiary/aromatic N) is 7. The van der Waals surface area contributed by atoms with Gasteiger partial charge in [-0.3, -0.25) is 9.69 Å². The van der Waals surface area contributed by atoms with Gasteiger partial charge in [0.2, 0.25) is 15.9 Å². The van der Waals surface area contributed by atoms with E-state index in [2.05, 4.69) is 8.75 Å². The number of hydrogen-bond donors (Lipinski definition) is 0. The van der Waals surface area contributed by atoms with Crippen LogP contribution in [0.4, 0.5) is 0 Å². The van der Waals surface area contributed by atoms with Crippen molar-refractivity contribution in [1.29, 1.82) is 10.5 Å². The number of fused-ring (bicyclic) bond motifs is 1. The minimum atomic E-state index is -3.71. The molecule has 0 radical (unpaired) electrons. The lowest BCUT2D eigenvalue weighted by Gasteiger charge is -2.34. The highest BCUT2D eigenvalue weighted by molar-refractivity contribution is 7.89. The molecule has 1 aliphatic heterocycles. The molecule has 0 spiro atoms. The van der Waals surface area contributed by atoms with Crippen LogP contribution in [0.3, 0.4) is 0 Å². The average molecular weight is 448 g/mol. The molecule has 0 bridgehead atoms. The number of nitriles is 2. The minimum absolute atomic E-state index is 0.135. The summed E-state index contributed by atoms with van der Waals surface area (Å²) < 4.78 is 35.8. The fraction of sp³-hybridized carbons (Fsp3) is 0.500. The maximum Gasteiger partial charge on any atom is 0.245 e. The Hall–Kier alpha value is -2.64. The quantitative estimate of drug-likeness (QED) is 0.576. The molecule has 10 nitrogen and oxygen atoms in total. The number of piperazine rings is 1. The van der Waals surface area contributed by atoms with Gasteiger partial charge >= 0.3 is 0 Å². The van der Waals surface area contributed by atoms with Gasteiger partial charge in [-0.05, 0) is 12.1 Å². The van der Waals surface area contributed by atoms with Crippen molar-refractivity contribution < 1.29 is 13.2 Å². The Kier molecular flexibility index (Phi) is 7.29. The van der Waals surface area contributed by atoms with E-state index < -0.39 is 10.0 Å². The molecule has 1 aromatic carbocycles. The van der Waals surface area contributed by atoms with Crippen LogP contribution in [-0.2, 0) is 14.8 Å². The van der Waals surface area contributed by atoms with Gasteiger partial charge in [-0.1, -0.05) is 6.07 Å². The number of aromatic nitrogens is 2. The van der Waals surface area contributed by atoms with Crippen LogP contribution in [0.25, 0.3) is 11.0 Å². The van der Waals surface area contributed by atoms with Crippen molar-refractivity contribution >= 4 is 38.7 Å². The molecule has 12 heteroatoms. The zero-order chi connectivity index (χ0) is 21.6. The van der Waals surface area contributed by atoms with E-state index in [-0.39, 0.29) is 56.4 Å². The van der Waals surface area contributed by atoms with Crippen molar-refractivity contribution in [2.24, 2.45) is 0 Å². The zero-order valence-corrected chi connectivity index (χ0v) is 17.9. The van der Waals surface area contributed by atoms with Crippen molar-refractivity contribution in [2.45, 2.75) is 17.7 Å². The first-order valence-corrected chi connectivity index (χ1v) is 11.6. The van der Waals surface area contributed by atoms with E-state index in [4.69, 9.17) is 10.5 Å². The molecule has 0 aliphatic carbocycles. The van der Waals surface area contributed by atoms with E-state index in [1.54, 1.807) is 12.1 Å². The molecule has 1 aromatic heterocycles. The first-order valence-electron chi connectivity index (χ1n) is 9.43. The van der Waals surface area contributed by atoms with Crippen molar-refractivity contribution in [2.75, 3.05) is 45.8 Å². The lowest BCUT2D eigenvalue weighted by atomic mass is 10.3. The van der Waals surface area contributed by atoms with Gasteiger partial charge in [-0.15, -0.1) is 0 Å².